The number of likely N-dealkylation sites (tertiary alicyclic amines) is 1. The second-order valence-corrected chi connectivity index (χ2v) is 9.29. The number of nitrogens with zero attached hydrogens (tertiary/aromatic N) is 2. The first kappa shape index (κ1) is 23.8. The Morgan fingerprint density at radius 3 is 2.31 bits per heavy atom. The minimum absolute atomic E-state index is 0.0817. The van der Waals surface area contributed by atoms with Crippen molar-refractivity contribution in [3.05, 3.63) is 27.2 Å². The molecule has 0 N–H and O–H groups in total. The van der Waals surface area contributed by atoms with Crippen molar-refractivity contribution in [2.24, 2.45) is 0 Å². The summed E-state index contributed by atoms with van der Waals surface area (Å²) in [5.74, 6) is 0.559. The van der Waals surface area contributed by atoms with Gasteiger partial charge in [0, 0.05) is 36.2 Å². The third kappa shape index (κ3) is 6.25. The topological polar surface area (TPSA) is 59.1 Å². The van der Waals surface area contributed by atoms with Gasteiger partial charge in [-0.2, -0.15) is 0 Å². The molecule has 1 fully saturated rings. The number of hydrogen-bond acceptors (Lipinski definition) is 4. The third-order valence-electron chi connectivity index (χ3n) is 4.87. The average Bonchev–Trinajstić information content (AvgIpc) is 2.65. The van der Waals surface area contributed by atoms with Crippen molar-refractivity contribution in [1.82, 2.24) is 9.80 Å². The van der Waals surface area contributed by atoms with E-state index in [1.807, 2.05) is 34.6 Å². The molecule has 1 aliphatic rings. The second kappa shape index (κ2) is 10.0. The molecular formula is C21H30BrClN2O4. The maximum atomic E-state index is 12.5. The molecule has 6 nitrogen and oxygen atoms in total. The molecule has 0 unspecified atom stereocenters. The van der Waals surface area contributed by atoms with Crippen LogP contribution in [0.15, 0.2) is 16.6 Å². The lowest BCUT2D eigenvalue weighted by molar-refractivity contribution is 0.0204. The zero-order valence-corrected chi connectivity index (χ0v) is 20.1. The van der Waals surface area contributed by atoms with Crippen molar-refractivity contribution >= 4 is 39.7 Å². The number of hydrogen-bond donors (Lipinski definition) is 0. The Balaban J connectivity index is 2.17. The summed E-state index contributed by atoms with van der Waals surface area (Å²) < 4.78 is 11.9. The molecule has 0 aromatic heterocycles. The molecule has 0 spiro atoms. The summed E-state index contributed by atoms with van der Waals surface area (Å²) >= 11 is 10.1. The monoisotopic (exact) mass is 488 g/mol. The Hall–Kier alpha value is -1.47. The lowest BCUT2D eigenvalue weighted by Crippen LogP contribution is -2.41. The quantitative estimate of drug-likeness (QED) is 0.516. The molecule has 2 amide bonds. The Morgan fingerprint density at radius 1 is 1.21 bits per heavy atom. The number of halogens is 2. The van der Waals surface area contributed by atoms with Gasteiger partial charge in [-0.25, -0.2) is 9.59 Å². The van der Waals surface area contributed by atoms with Gasteiger partial charge in [-0.1, -0.05) is 11.6 Å². The van der Waals surface area contributed by atoms with Crippen LogP contribution in [-0.4, -0.2) is 53.8 Å². The first-order valence-electron chi connectivity index (χ1n) is 9.99. The fourth-order valence-electron chi connectivity index (χ4n) is 3.34. The summed E-state index contributed by atoms with van der Waals surface area (Å²) in [5, 5.41) is 0.547. The van der Waals surface area contributed by atoms with Gasteiger partial charge in [0.2, 0.25) is 0 Å². The molecule has 1 aromatic rings. The van der Waals surface area contributed by atoms with E-state index in [1.54, 1.807) is 21.9 Å². The van der Waals surface area contributed by atoms with Crippen molar-refractivity contribution in [2.75, 3.05) is 26.2 Å². The maximum Gasteiger partial charge on any atom is 0.415 e. The molecule has 0 radical (unpaired) electrons. The van der Waals surface area contributed by atoms with Crippen LogP contribution in [0.25, 0.3) is 0 Å². The highest BCUT2D eigenvalue weighted by atomic mass is 79.9. The molecule has 1 aliphatic heterocycles. The maximum absolute atomic E-state index is 12.5. The summed E-state index contributed by atoms with van der Waals surface area (Å²) in [5.41, 5.74) is 0.290. The van der Waals surface area contributed by atoms with Crippen molar-refractivity contribution < 1.29 is 19.1 Å². The SMILES string of the molecule is CCN(CC)C(=O)Oc1ccc(Br)c(Cl)c1C1CCN(C(=O)OC(C)(C)C)CC1. The summed E-state index contributed by atoms with van der Waals surface area (Å²) in [4.78, 5) is 28.1. The first-order valence-corrected chi connectivity index (χ1v) is 11.2. The van der Waals surface area contributed by atoms with Gasteiger partial charge in [-0.05, 0) is 81.4 Å². The van der Waals surface area contributed by atoms with Crippen LogP contribution in [0.1, 0.15) is 58.9 Å². The van der Waals surface area contributed by atoms with Gasteiger partial charge in [0.1, 0.15) is 11.4 Å². The van der Waals surface area contributed by atoms with E-state index >= 15 is 0 Å². The zero-order valence-electron chi connectivity index (χ0n) is 17.8. The molecule has 0 bridgehead atoms. The van der Waals surface area contributed by atoms with Gasteiger partial charge in [-0.15, -0.1) is 0 Å². The van der Waals surface area contributed by atoms with Gasteiger partial charge in [0.15, 0.2) is 0 Å². The number of carbonyl (C=O) groups excluding carboxylic acids is 2. The standard InChI is InChI=1S/C21H30BrClN2O4/c1-6-24(7-2)19(26)28-16-9-8-15(22)18(23)17(16)14-10-12-25(13-11-14)20(27)29-21(3,4)5/h8-9,14H,6-7,10-13H2,1-5H3. The molecule has 1 saturated heterocycles. The Labute approximate surface area is 186 Å². The lowest BCUT2D eigenvalue weighted by Gasteiger charge is -2.34. The predicted octanol–water partition coefficient (Wildman–Crippen LogP) is 6.06. The number of benzene rings is 1. The largest absolute Gasteiger partial charge is 0.444 e. The predicted molar refractivity (Wildman–Crippen MR) is 118 cm³/mol. The van der Waals surface area contributed by atoms with Crippen LogP contribution >= 0.6 is 27.5 Å². The molecule has 29 heavy (non-hydrogen) atoms. The summed E-state index contributed by atoms with van der Waals surface area (Å²) in [7, 11) is 0. The fourth-order valence-corrected chi connectivity index (χ4v) is 3.99. The first-order chi connectivity index (χ1) is 13.6. The van der Waals surface area contributed by atoms with Crippen molar-refractivity contribution in [2.45, 2.75) is 59.0 Å². The molecular weight excluding hydrogens is 460 g/mol. The number of carbonyl (C=O) groups is 2. The highest BCUT2D eigenvalue weighted by Gasteiger charge is 2.31. The molecule has 1 aromatic carbocycles. The smallest absolute Gasteiger partial charge is 0.415 e. The van der Waals surface area contributed by atoms with Crippen molar-refractivity contribution in [3.63, 3.8) is 0 Å². The van der Waals surface area contributed by atoms with E-state index in [4.69, 9.17) is 21.1 Å². The zero-order chi connectivity index (χ0) is 21.8. The average molecular weight is 490 g/mol. The van der Waals surface area contributed by atoms with Gasteiger partial charge in [-0.3, -0.25) is 0 Å². The van der Waals surface area contributed by atoms with E-state index in [0.717, 1.165) is 10.0 Å². The summed E-state index contributed by atoms with van der Waals surface area (Å²) in [6.45, 7) is 11.7. The van der Waals surface area contributed by atoms with Crippen LogP contribution < -0.4 is 4.74 Å². The van der Waals surface area contributed by atoms with E-state index in [1.165, 1.54) is 0 Å². The van der Waals surface area contributed by atoms with Gasteiger partial charge < -0.3 is 19.3 Å². The molecule has 2 rings (SSSR count). The van der Waals surface area contributed by atoms with Crippen LogP contribution in [0.2, 0.25) is 5.02 Å². The van der Waals surface area contributed by atoms with Gasteiger partial charge in [0.25, 0.3) is 0 Å². The number of piperidine rings is 1. The van der Waals surface area contributed by atoms with E-state index in [2.05, 4.69) is 15.9 Å². The molecule has 162 valence electrons. The minimum Gasteiger partial charge on any atom is -0.444 e. The fraction of sp³-hybridized carbons (Fsp3) is 0.619. The minimum atomic E-state index is -0.521. The second-order valence-electron chi connectivity index (χ2n) is 8.06. The van der Waals surface area contributed by atoms with Crippen LogP contribution in [0.4, 0.5) is 9.59 Å². The highest BCUT2D eigenvalue weighted by Crippen LogP contribution is 2.42. The van der Waals surface area contributed by atoms with Crippen molar-refractivity contribution in [1.29, 1.82) is 0 Å². The Bertz CT molecular complexity index is 739. The van der Waals surface area contributed by atoms with Gasteiger partial charge in [0.05, 0.1) is 5.02 Å². The highest BCUT2D eigenvalue weighted by molar-refractivity contribution is 9.10. The van der Waals surface area contributed by atoms with E-state index in [0.29, 0.717) is 49.8 Å². The van der Waals surface area contributed by atoms with Crippen LogP contribution in [-0.2, 0) is 4.74 Å². The summed E-state index contributed by atoms with van der Waals surface area (Å²) in [6, 6.07) is 3.56. The van der Waals surface area contributed by atoms with Crippen LogP contribution in [0.3, 0.4) is 0 Å². The number of ether oxygens (including phenoxy) is 2. The van der Waals surface area contributed by atoms with Crippen LogP contribution in [0.5, 0.6) is 5.75 Å². The number of amides is 2. The normalized spacial score (nSPS) is 15.2. The van der Waals surface area contributed by atoms with Crippen LogP contribution in [0, 0.1) is 0 Å². The Kier molecular flexibility index (Phi) is 8.23. The summed E-state index contributed by atoms with van der Waals surface area (Å²) in [6.07, 6.45) is 0.738. The molecule has 0 saturated carbocycles. The van der Waals surface area contributed by atoms with Gasteiger partial charge >= 0.3 is 12.2 Å². The molecule has 0 atom stereocenters. The third-order valence-corrected chi connectivity index (χ3v) is 6.16. The molecule has 8 heteroatoms. The molecule has 0 aliphatic carbocycles. The van der Waals surface area contributed by atoms with E-state index in [9.17, 15) is 9.59 Å². The van der Waals surface area contributed by atoms with E-state index in [-0.39, 0.29) is 18.1 Å². The number of rotatable bonds is 4. The lowest BCUT2D eigenvalue weighted by atomic mass is 9.89. The van der Waals surface area contributed by atoms with Crippen molar-refractivity contribution in [3.8, 4) is 5.75 Å². The molecule has 1 heterocycles. The van der Waals surface area contributed by atoms with E-state index < -0.39 is 5.60 Å². The Morgan fingerprint density at radius 2 is 1.79 bits per heavy atom.